The summed E-state index contributed by atoms with van der Waals surface area (Å²) in [4.78, 5) is 21.0. The van der Waals surface area contributed by atoms with Gasteiger partial charge in [-0.25, -0.2) is 8.42 Å². The average molecular weight is 514 g/mol. The molecule has 9 heteroatoms. The van der Waals surface area contributed by atoms with E-state index in [9.17, 15) is 13.2 Å². The van der Waals surface area contributed by atoms with Crippen molar-refractivity contribution >= 4 is 45.7 Å². The van der Waals surface area contributed by atoms with E-state index < -0.39 is 14.6 Å². The van der Waals surface area contributed by atoms with Gasteiger partial charge in [-0.3, -0.25) is 9.79 Å². The summed E-state index contributed by atoms with van der Waals surface area (Å²) in [6.07, 6.45) is 5.01. The van der Waals surface area contributed by atoms with Gasteiger partial charge in [-0.1, -0.05) is 12.8 Å². The Morgan fingerprint density at radius 3 is 2.26 bits per heavy atom. The smallest absolute Gasteiger partial charge is 0.224 e. The number of rotatable bonds is 4. The van der Waals surface area contributed by atoms with E-state index in [0.29, 0.717) is 38.6 Å². The lowest BCUT2D eigenvalue weighted by Gasteiger charge is -2.39. The van der Waals surface area contributed by atoms with E-state index in [1.165, 1.54) is 12.8 Å². The molecule has 2 fully saturated rings. The van der Waals surface area contributed by atoms with Crippen molar-refractivity contribution in [2.24, 2.45) is 4.99 Å². The SMILES string of the molecule is CCNC(=NCCC(=O)N1CCCCCC1)N1CCS(=O)(=O)C(C)(C)C1.I. The van der Waals surface area contributed by atoms with Crippen molar-refractivity contribution in [2.45, 2.75) is 57.6 Å². The number of aliphatic imine (C=N–C) groups is 1. The molecule has 158 valence electrons. The zero-order valence-corrected chi connectivity index (χ0v) is 20.0. The van der Waals surface area contributed by atoms with E-state index in [1.807, 2.05) is 16.7 Å². The minimum Gasteiger partial charge on any atom is -0.357 e. The van der Waals surface area contributed by atoms with Gasteiger partial charge < -0.3 is 15.1 Å². The highest BCUT2D eigenvalue weighted by Gasteiger charge is 2.40. The van der Waals surface area contributed by atoms with Crippen LogP contribution < -0.4 is 5.32 Å². The van der Waals surface area contributed by atoms with Crippen molar-refractivity contribution in [2.75, 3.05) is 45.0 Å². The molecule has 7 nitrogen and oxygen atoms in total. The van der Waals surface area contributed by atoms with Crippen LogP contribution in [0.25, 0.3) is 0 Å². The number of hydrogen-bond donors (Lipinski definition) is 1. The minimum absolute atomic E-state index is 0. The second-order valence-corrected chi connectivity index (χ2v) is 10.5. The Kier molecular flexibility index (Phi) is 9.81. The molecular formula is C18H35IN4O3S. The van der Waals surface area contributed by atoms with Crippen molar-refractivity contribution in [1.82, 2.24) is 15.1 Å². The Labute approximate surface area is 181 Å². The highest BCUT2D eigenvalue weighted by molar-refractivity contribution is 14.0. The molecule has 0 bridgehead atoms. The van der Waals surface area contributed by atoms with Gasteiger partial charge >= 0.3 is 0 Å². The maximum Gasteiger partial charge on any atom is 0.224 e. The number of halogens is 1. The van der Waals surface area contributed by atoms with Gasteiger partial charge in [-0.2, -0.15) is 0 Å². The van der Waals surface area contributed by atoms with Gasteiger partial charge in [0, 0.05) is 39.1 Å². The summed E-state index contributed by atoms with van der Waals surface area (Å²) in [5.74, 6) is 1.02. The third-order valence-electron chi connectivity index (χ3n) is 5.22. The molecule has 1 N–H and O–H groups in total. The van der Waals surface area contributed by atoms with Crippen molar-refractivity contribution in [1.29, 1.82) is 0 Å². The van der Waals surface area contributed by atoms with Gasteiger partial charge in [0.25, 0.3) is 0 Å². The van der Waals surface area contributed by atoms with Crippen molar-refractivity contribution in [3.8, 4) is 0 Å². The molecule has 1 amide bonds. The van der Waals surface area contributed by atoms with Crippen LogP contribution >= 0.6 is 24.0 Å². The van der Waals surface area contributed by atoms with Crippen LogP contribution in [0, 0.1) is 0 Å². The second-order valence-electron chi connectivity index (χ2n) is 7.78. The quantitative estimate of drug-likeness (QED) is 0.352. The summed E-state index contributed by atoms with van der Waals surface area (Å²) in [5, 5.41) is 3.24. The first-order valence-corrected chi connectivity index (χ1v) is 11.5. The van der Waals surface area contributed by atoms with Crippen molar-refractivity contribution in [3.05, 3.63) is 0 Å². The molecule has 0 unspecified atom stereocenters. The standard InChI is InChI=1S/C18H34N4O3S.HI/c1-4-19-17(22-13-14-26(24,25)18(2,3)15-22)20-10-9-16(23)21-11-7-5-6-8-12-21;/h4-15H2,1-3H3,(H,19,20);1H. The van der Waals surface area contributed by atoms with Gasteiger partial charge in [0.2, 0.25) is 5.91 Å². The number of likely N-dealkylation sites (tertiary alicyclic amines) is 1. The average Bonchev–Trinajstić information content (AvgIpc) is 2.86. The molecule has 0 aromatic heterocycles. The summed E-state index contributed by atoms with van der Waals surface area (Å²) in [5.41, 5.74) is 0. The van der Waals surface area contributed by atoms with Crippen LogP contribution in [0.3, 0.4) is 0 Å². The molecule has 0 atom stereocenters. The second kappa shape index (κ2) is 10.8. The number of carbonyl (C=O) groups is 1. The summed E-state index contributed by atoms with van der Waals surface area (Å²) < 4.78 is 23.6. The van der Waals surface area contributed by atoms with Gasteiger partial charge in [0.05, 0.1) is 17.0 Å². The fraction of sp³-hybridized carbons (Fsp3) is 0.889. The molecule has 0 saturated carbocycles. The Balaban J connectivity index is 0.00000364. The van der Waals surface area contributed by atoms with Gasteiger partial charge in [0.15, 0.2) is 15.8 Å². The van der Waals surface area contributed by atoms with E-state index >= 15 is 0 Å². The Morgan fingerprint density at radius 2 is 1.70 bits per heavy atom. The largest absolute Gasteiger partial charge is 0.357 e. The summed E-state index contributed by atoms with van der Waals surface area (Å²) in [6, 6.07) is 0. The van der Waals surface area contributed by atoms with Crippen LogP contribution in [0.5, 0.6) is 0 Å². The molecule has 0 radical (unpaired) electrons. The molecule has 0 spiro atoms. The van der Waals surface area contributed by atoms with Gasteiger partial charge in [-0.05, 0) is 33.6 Å². The number of sulfone groups is 1. The number of amides is 1. The maximum absolute atomic E-state index is 12.4. The van der Waals surface area contributed by atoms with E-state index in [-0.39, 0.29) is 35.6 Å². The Morgan fingerprint density at radius 1 is 1.07 bits per heavy atom. The van der Waals surface area contributed by atoms with Crippen molar-refractivity contribution in [3.63, 3.8) is 0 Å². The molecule has 2 aliphatic rings. The van der Waals surface area contributed by atoms with Crippen LogP contribution in [0.1, 0.15) is 52.9 Å². The molecule has 27 heavy (non-hydrogen) atoms. The molecule has 2 rings (SSSR count). The van der Waals surface area contributed by atoms with Crippen molar-refractivity contribution < 1.29 is 13.2 Å². The van der Waals surface area contributed by atoms with Crippen LogP contribution in [0.4, 0.5) is 0 Å². The number of carbonyl (C=O) groups excluding carboxylic acids is 1. The summed E-state index contributed by atoms with van der Waals surface area (Å²) in [7, 11) is -3.08. The minimum atomic E-state index is -3.08. The molecule has 2 aliphatic heterocycles. The number of guanidine groups is 1. The predicted octanol–water partition coefficient (Wildman–Crippen LogP) is 1.87. The van der Waals surface area contributed by atoms with E-state index in [0.717, 1.165) is 25.9 Å². The third-order valence-corrected chi connectivity index (χ3v) is 7.76. The fourth-order valence-electron chi connectivity index (χ4n) is 3.49. The molecule has 0 aromatic rings. The Hall–Kier alpha value is -0.580. The van der Waals surface area contributed by atoms with Crippen LogP contribution in [0.2, 0.25) is 0 Å². The number of hydrogen-bond acceptors (Lipinski definition) is 4. The van der Waals surface area contributed by atoms with E-state index in [1.54, 1.807) is 13.8 Å². The van der Waals surface area contributed by atoms with Gasteiger partial charge in [-0.15, -0.1) is 24.0 Å². The third kappa shape index (κ3) is 6.76. The first kappa shape index (κ1) is 24.5. The monoisotopic (exact) mass is 514 g/mol. The first-order valence-electron chi connectivity index (χ1n) is 9.80. The molecule has 2 heterocycles. The molecule has 0 aliphatic carbocycles. The molecule has 2 saturated heterocycles. The summed E-state index contributed by atoms with van der Waals surface area (Å²) >= 11 is 0. The molecular weight excluding hydrogens is 479 g/mol. The van der Waals surface area contributed by atoms with Crippen LogP contribution in [-0.4, -0.2) is 79.9 Å². The first-order chi connectivity index (χ1) is 12.3. The number of nitrogens with one attached hydrogen (secondary N) is 1. The fourth-order valence-corrected chi connectivity index (χ4v) is 4.85. The normalized spacial score (nSPS) is 22.6. The highest BCUT2D eigenvalue weighted by atomic mass is 127. The molecule has 0 aromatic carbocycles. The maximum atomic E-state index is 12.4. The summed E-state index contributed by atoms with van der Waals surface area (Å²) in [6.45, 7) is 9.25. The van der Waals surface area contributed by atoms with E-state index in [4.69, 9.17) is 0 Å². The Bertz CT molecular complexity index is 614. The number of nitrogens with zero attached hydrogens (tertiary/aromatic N) is 3. The lowest BCUT2D eigenvalue weighted by Crippen LogP contribution is -2.57. The zero-order chi connectivity index (χ0) is 19.2. The zero-order valence-electron chi connectivity index (χ0n) is 16.9. The highest BCUT2D eigenvalue weighted by Crippen LogP contribution is 2.23. The van der Waals surface area contributed by atoms with Crippen LogP contribution in [-0.2, 0) is 14.6 Å². The lowest BCUT2D eigenvalue weighted by molar-refractivity contribution is -0.130. The predicted molar refractivity (Wildman–Crippen MR) is 120 cm³/mol. The topological polar surface area (TPSA) is 82.1 Å². The lowest BCUT2D eigenvalue weighted by atomic mass is 10.2. The van der Waals surface area contributed by atoms with Crippen LogP contribution in [0.15, 0.2) is 4.99 Å². The van der Waals surface area contributed by atoms with Gasteiger partial charge in [0.1, 0.15) is 0 Å². The van der Waals surface area contributed by atoms with E-state index in [2.05, 4.69) is 10.3 Å².